The van der Waals surface area contributed by atoms with E-state index in [4.69, 9.17) is 0 Å². The fourth-order valence-corrected chi connectivity index (χ4v) is 5.78. The van der Waals surface area contributed by atoms with Crippen molar-refractivity contribution in [3.63, 3.8) is 0 Å². The number of hydrogen-bond donors (Lipinski definition) is 2. The van der Waals surface area contributed by atoms with Gasteiger partial charge in [-0.2, -0.15) is 21.2 Å². The zero-order valence-electron chi connectivity index (χ0n) is 16.3. The number of sulfonamides is 1. The van der Waals surface area contributed by atoms with Gasteiger partial charge in [-0.3, -0.25) is 4.79 Å². The molecule has 3 aromatic rings. The molecule has 2 aromatic heterocycles. The molecular weight excluding hydrogens is 422 g/mol. The standard InChI is InChI=1S/C20H23N5O3S2/c26-20(19-14-18(15-22-19)30(27,28)24-10-12-29-13-11-24)21-8-6-16-7-9-25(23-16)17-4-2-1-3-5-17/h1-5,7,9,14-15,22H,6,8,10-13H2,(H,21,26). The molecule has 1 aliphatic rings. The highest BCUT2D eigenvalue weighted by Crippen LogP contribution is 2.20. The van der Waals surface area contributed by atoms with E-state index in [0.717, 1.165) is 22.9 Å². The Morgan fingerprint density at radius 3 is 2.70 bits per heavy atom. The third kappa shape index (κ3) is 4.61. The molecule has 1 amide bonds. The SMILES string of the molecule is O=C(NCCc1ccn(-c2ccccc2)n1)c1cc(S(=O)(=O)N2CCSCC2)c[nH]1. The third-order valence-corrected chi connectivity index (χ3v) is 7.66. The second-order valence-electron chi connectivity index (χ2n) is 6.86. The molecular formula is C20H23N5O3S2. The molecule has 30 heavy (non-hydrogen) atoms. The molecule has 1 saturated heterocycles. The number of amides is 1. The zero-order valence-corrected chi connectivity index (χ0v) is 18.0. The van der Waals surface area contributed by atoms with Crippen LogP contribution in [0, 0.1) is 0 Å². The average molecular weight is 446 g/mol. The van der Waals surface area contributed by atoms with E-state index in [-0.39, 0.29) is 16.5 Å². The van der Waals surface area contributed by atoms with E-state index >= 15 is 0 Å². The van der Waals surface area contributed by atoms with Gasteiger partial charge in [-0.25, -0.2) is 13.1 Å². The number of benzene rings is 1. The maximum atomic E-state index is 12.7. The van der Waals surface area contributed by atoms with Crippen LogP contribution in [0.3, 0.4) is 0 Å². The Labute approximate surface area is 179 Å². The highest BCUT2D eigenvalue weighted by atomic mass is 32.2. The highest BCUT2D eigenvalue weighted by Gasteiger charge is 2.27. The number of para-hydroxylation sites is 1. The van der Waals surface area contributed by atoms with Crippen LogP contribution in [0.25, 0.3) is 5.69 Å². The molecule has 0 radical (unpaired) electrons. The minimum Gasteiger partial charge on any atom is -0.356 e. The Bertz CT molecular complexity index is 1100. The van der Waals surface area contributed by atoms with Crippen LogP contribution in [-0.4, -0.2) is 64.5 Å². The van der Waals surface area contributed by atoms with Crippen LogP contribution in [0.1, 0.15) is 16.2 Å². The topological polar surface area (TPSA) is 100 Å². The number of carbonyl (C=O) groups is 1. The molecule has 158 valence electrons. The van der Waals surface area contributed by atoms with E-state index in [1.807, 2.05) is 42.6 Å². The van der Waals surface area contributed by atoms with E-state index in [2.05, 4.69) is 15.4 Å². The van der Waals surface area contributed by atoms with Gasteiger partial charge in [0, 0.05) is 50.0 Å². The lowest BCUT2D eigenvalue weighted by Crippen LogP contribution is -2.37. The summed E-state index contributed by atoms with van der Waals surface area (Å²) in [5.74, 6) is 1.24. The first kappa shape index (κ1) is 20.7. The summed E-state index contributed by atoms with van der Waals surface area (Å²) in [6.45, 7) is 1.39. The van der Waals surface area contributed by atoms with Crippen molar-refractivity contribution < 1.29 is 13.2 Å². The molecule has 0 aliphatic carbocycles. The van der Waals surface area contributed by atoms with Gasteiger partial charge >= 0.3 is 0 Å². The van der Waals surface area contributed by atoms with Gasteiger partial charge in [0.05, 0.1) is 11.4 Å². The van der Waals surface area contributed by atoms with E-state index in [1.165, 1.54) is 16.6 Å². The summed E-state index contributed by atoms with van der Waals surface area (Å²) in [5.41, 5.74) is 2.06. The van der Waals surface area contributed by atoms with Crippen molar-refractivity contribution in [2.75, 3.05) is 31.1 Å². The Morgan fingerprint density at radius 2 is 1.93 bits per heavy atom. The summed E-state index contributed by atoms with van der Waals surface area (Å²) < 4.78 is 28.7. The lowest BCUT2D eigenvalue weighted by Gasteiger charge is -2.24. The smallest absolute Gasteiger partial charge is 0.267 e. The van der Waals surface area contributed by atoms with Gasteiger partial charge in [0.15, 0.2) is 0 Å². The van der Waals surface area contributed by atoms with E-state index in [1.54, 1.807) is 16.4 Å². The predicted molar refractivity (Wildman–Crippen MR) is 116 cm³/mol. The maximum Gasteiger partial charge on any atom is 0.267 e. The Morgan fingerprint density at radius 1 is 1.17 bits per heavy atom. The highest BCUT2D eigenvalue weighted by molar-refractivity contribution is 7.99. The number of aromatic amines is 1. The van der Waals surface area contributed by atoms with Gasteiger partial charge in [0.1, 0.15) is 10.6 Å². The lowest BCUT2D eigenvalue weighted by atomic mass is 10.3. The first-order chi connectivity index (χ1) is 14.5. The van der Waals surface area contributed by atoms with Crippen molar-refractivity contribution in [1.29, 1.82) is 0 Å². The summed E-state index contributed by atoms with van der Waals surface area (Å²) in [7, 11) is -3.57. The molecule has 10 heteroatoms. The van der Waals surface area contributed by atoms with Crippen LogP contribution in [0.15, 0.2) is 59.8 Å². The number of aromatic nitrogens is 3. The first-order valence-electron chi connectivity index (χ1n) is 9.68. The van der Waals surface area contributed by atoms with Gasteiger partial charge in [-0.1, -0.05) is 18.2 Å². The number of H-pyrrole nitrogens is 1. The van der Waals surface area contributed by atoms with Crippen LogP contribution < -0.4 is 5.32 Å². The van der Waals surface area contributed by atoms with Gasteiger partial charge in [-0.05, 0) is 24.3 Å². The second kappa shape index (κ2) is 9.07. The maximum absolute atomic E-state index is 12.7. The summed E-state index contributed by atoms with van der Waals surface area (Å²) in [4.78, 5) is 15.3. The van der Waals surface area contributed by atoms with Crippen molar-refractivity contribution >= 4 is 27.7 Å². The number of thioether (sulfide) groups is 1. The molecule has 4 rings (SSSR count). The summed E-state index contributed by atoms with van der Waals surface area (Å²) in [6, 6.07) is 13.1. The quantitative estimate of drug-likeness (QED) is 0.579. The number of nitrogens with one attached hydrogen (secondary N) is 2. The average Bonchev–Trinajstić information content (AvgIpc) is 3.45. The Kier molecular flexibility index (Phi) is 6.26. The van der Waals surface area contributed by atoms with Crippen molar-refractivity contribution in [3.8, 4) is 5.69 Å². The molecule has 0 unspecified atom stereocenters. The van der Waals surface area contributed by atoms with Crippen molar-refractivity contribution in [3.05, 3.63) is 66.2 Å². The molecule has 8 nitrogen and oxygen atoms in total. The van der Waals surface area contributed by atoms with Crippen LogP contribution >= 0.6 is 11.8 Å². The number of rotatable bonds is 7. The molecule has 1 aromatic carbocycles. The minimum atomic E-state index is -3.57. The monoisotopic (exact) mass is 445 g/mol. The summed E-state index contributed by atoms with van der Waals surface area (Å²) in [6.07, 6.45) is 3.84. The van der Waals surface area contributed by atoms with Gasteiger partial charge in [-0.15, -0.1) is 0 Å². The molecule has 1 aliphatic heterocycles. The van der Waals surface area contributed by atoms with Crippen molar-refractivity contribution in [2.24, 2.45) is 0 Å². The number of hydrogen-bond acceptors (Lipinski definition) is 5. The molecule has 0 atom stereocenters. The van der Waals surface area contributed by atoms with E-state index in [0.29, 0.717) is 26.1 Å². The molecule has 1 fully saturated rings. The van der Waals surface area contributed by atoms with Gasteiger partial charge < -0.3 is 10.3 Å². The Hall–Kier alpha value is -2.56. The second-order valence-corrected chi connectivity index (χ2v) is 10.0. The molecule has 0 spiro atoms. The zero-order chi connectivity index (χ0) is 21.0. The van der Waals surface area contributed by atoms with E-state index in [9.17, 15) is 13.2 Å². The van der Waals surface area contributed by atoms with Crippen LogP contribution in [-0.2, 0) is 16.4 Å². The largest absolute Gasteiger partial charge is 0.356 e. The fourth-order valence-electron chi connectivity index (χ4n) is 3.21. The first-order valence-corrected chi connectivity index (χ1v) is 12.3. The lowest BCUT2D eigenvalue weighted by molar-refractivity contribution is 0.0949. The van der Waals surface area contributed by atoms with E-state index < -0.39 is 10.0 Å². The Balaban J connectivity index is 1.32. The molecule has 0 saturated carbocycles. The van der Waals surface area contributed by atoms with Crippen LogP contribution in [0.2, 0.25) is 0 Å². The number of nitrogens with zero attached hydrogens (tertiary/aromatic N) is 3. The third-order valence-electron chi connectivity index (χ3n) is 4.84. The normalized spacial score (nSPS) is 15.2. The van der Waals surface area contributed by atoms with Gasteiger partial charge in [0.25, 0.3) is 5.91 Å². The fraction of sp³-hybridized carbons (Fsp3) is 0.300. The number of carbonyl (C=O) groups excluding carboxylic acids is 1. The predicted octanol–water partition coefficient (Wildman–Crippen LogP) is 1.91. The minimum absolute atomic E-state index is 0.126. The summed E-state index contributed by atoms with van der Waals surface area (Å²) in [5, 5.41) is 7.32. The van der Waals surface area contributed by atoms with Gasteiger partial charge in [0.2, 0.25) is 10.0 Å². The molecule has 0 bridgehead atoms. The van der Waals surface area contributed by atoms with Crippen LogP contribution in [0.4, 0.5) is 0 Å². The van der Waals surface area contributed by atoms with Crippen molar-refractivity contribution in [2.45, 2.75) is 11.3 Å². The van der Waals surface area contributed by atoms with Crippen LogP contribution in [0.5, 0.6) is 0 Å². The molecule has 3 heterocycles. The van der Waals surface area contributed by atoms with Crippen molar-refractivity contribution in [1.82, 2.24) is 24.4 Å². The summed E-state index contributed by atoms with van der Waals surface area (Å²) >= 11 is 1.74. The molecule has 2 N–H and O–H groups in total.